The van der Waals surface area contributed by atoms with Crippen molar-refractivity contribution in [2.45, 2.75) is 64.3 Å². The quantitative estimate of drug-likeness (QED) is 0.693. The fourth-order valence-electron chi connectivity index (χ4n) is 4.49. The number of hydrogen-bond donors (Lipinski definition) is 1. The molecular weight excluding hydrogens is 398 g/mol. The summed E-state index contributed by atoms with van der Waals surface area (Å²) < 4.78 is 5.60. The summed E-state index contributed by atoms with van der Waals surface area (Å²) in [5.41, 5.74) is 1.09. The molecule has 2 fully saturated rings. The molecule has 2 bridgehead atoms. The molecule has 2 saturated heterocycles. The number of ether oxygens (including phenoxy) is 1. The first-order valence-corrected chi connectivity index (χ1v) is 10.3. The number of anilines is 1. The third-order valence-corrected chi connectivity index (χ3v) is 5.84. The number of rotatable bonds is 1. The van der Waals surface area contributed by atoms with Crippen molar-refractivity contribution in [1.29, 1.82) is 0 Å². The van der Waals surface area contributed by atoms with Crippen LogP contribution in [0.1, 0.15) is 44.9 Å². The van der Waals surface area contributed by atoms with Crippen LogP contribution in [0, 0.1) is 0 Å². The zero-order valence-corrected chi connectivity index (χ0v) is 17.6. The van der Waals surface area contributed by atoms with E-state index < -0.39 is 11.7 Å². The van der Waals surface area contributed by atoms with E-state index in [1.165, 1.54) is 4.90 Å². The topological polar surface area (TPSA) is 99.1 Å². The Morgan fingerprint density at radius 1 is 1.17 bits per heavy atom. The molecule has 1 N–H and O–H groups in total. The first kappa shape index (κ1) is 20.0. The van der Waals surface area contributed by atoms with Gasteiger partial charge < -0.3 is 19.6 Å². The molecule has 0 aliphatic carbocycles. The lowest BCUT2D eigenvalue weighted by Gasteiger charge is -2.42. The molecule has 0 aromatic carbocycles. The maximum Gasteiger partial charge on any atom is 0.410 e. The van der Waals surface area contributed by atoms with Crippen molar-refractivity contribution in [2.24, 2.45) is 0 Å². The van der Waals surface area contributed by atoms with Crippen LogP contribution in [0.15, 0.2) is 0 Å². The maximum atomic E-state index is 12.7. The van der Waals surface area contributed by atoms with E-state index in [1.54, 1.807) is 0 Å². The summed E-state index contributed by atoms with van der Waals surface area (Å²) in [7, 11) is 0. The minimum Gasteiger partial charge on any atom is -0.465 e. The number of aromatic nitrogens is 2. The van der Waals surface area contributed by atoms with Crippen LogP contribution in [0.3, 0.4) is 0 Å². The Balaban J connectivity index is 1.56. The summed E-state index contributed by atoms with van der Waals surface area (Å²) >= 11 is 6.17. The lowest BCUT2D eigenvalue weighted by Crippen LogP contribution is -2.57. The number of hydrogen-bond acceptors (Lipinski definition) is 6. The van der Waals surface area contributed by atoms with E-state index in [1.807, 2.05) is 25.7 Å². The molecule has 4 rings (SSSR count). The average molecular weight is 424 g/mol. The summed E-state index contributed by atoms with van der Waals surface area (Å²) in [5.74, 6) is 0.769. The smallest absolute Gasteiger partial charge is 0.410 e. The minimum absolute atomic E-state index is 0.0621. The molecule has 2 atom stereocenters. The van der Waals surface area contributed by atoms with E-state index in [0.29, 0.717) is 31.7 Å². The Morgan fingerprint density at radius 2 is 1.83 bits per heavy atom. The number of nitrogens with zero attached hydrogens (tertiary/aromatic N) is 5. The molecule has 1 aromatic rings. The van der Waals surface area contributed by atoms with Crippen molar-refractivity contribution in [3.8, 4) is 0 Å². The Morgan fingerprint density at radius 3 is 2.41 bits per heavy atom. The summed E-state index contributed by atoms with van der Waals surface area (Å²) in [5, 5.41) is 9.40. The van der Waals surface area contributed by atoms with Crippen molar-refractivity contribution < 1.29 is 19.4 Å². The molecule has 4 heterocycles. The number of carbonyl (C=O) groups excluding carboxylic acids is 1. The monoisotopic (exact) mass is 423 g/mol. The van der Waals surface area contributed by atoms with Gasteiger partial charge in [0.25, 0.3) is 0 Å². The van der Waals surface area contributed by atoms with E-state index in [0.717, 1.165) is 24.2 Å². The SMILES string of the molecule is CC(C)(C)OC(=O)N1C2CCC1CN(c1nc(Cl)nc3c1CCN(C(=O)O)C3)C2. The van der Waals surface area contributed by atoms with Gasteiger partial charge >= 0.3 is 12.2 Å². The second-order valence-electron chi connectivity index (χ2n) is 8.87. The van der Waals surface area contributed by atoms with Crippen LogP contribution in [0.4, 0.5) is 15.4 Å². The zero-order valence-electron chi connectivity index (χ0n) is 16.9. The molecule has 0 radical (unpaired) electrons. The van der Waals surface area contributed by atoms with Crippen molar-refractivity contribution in [2.75, 3.05) is 24.5 Å². The van der Waals surface area contributed by atoms with Gasteiger partial charge in [0.1, 0.15) is 11.4 Å². The molecule has 10 heteroatoms. The van der Waals surface area contributed by atoms with Gasteiger partial charge in [-0.15, -0.1) is 0 Å². The number of piperazine rings is 1. The minimum atomic E-state index is -0.962. The van der Waals surface area contributed by atoms with Crippen molar-refractivity contribution >= 4 is 29.6 Å². The van der Waals surface area contributed by atoms with Gasteiger partial charge in [-0.25, -0.2) is 19.6 Å². The van der Waals surface area contributed by atoms with Crippen LogP contribution in [0.2, 0.25) is 5.28 Å². The van der Waals surface area contributed by atoms with Gasteiger partial charge in [-0.1, -0.05) is 0 Å². The highest BCUT2D eigenvalue weighted by Crippen LogP contribution is 2.36. The van der Waals surface area contributed by atoms with Crippen LogP contribution in [0.25, 0.3) is 0 Å². The largest absolute Gasteiger partial charge is 0.465 e. The van der Waals surface area contributed by atoms with Gasteiger partial charge in [0, 0.05) is 25.2 Å². The predicted molar refractivity (Wildman–Crippen MR) is 106 cm³/mol. The molecule has 29 heavy (non-hydrogen) atoms. The fraction of sp³-hybridized carbons (Fsp3) is 0.684. The third-order valence-electron chi connectivity index (χ3n) is 5.67. The van der Waals surface area contributed by atoms with Crippen molar-refractivity contribution in [1.82, 2.24) is 19.8 Å². The standard InChI is InChI=1S/C19H26ClN5O4/c1-19(2,3)29-18(28)25-11-4-5-12(25)9-24(8-11)15-13-6-7-23(17(26)27)10-14(13)21-16(20)22-15/h11-12H,4-10H2,1-3H3,(H,26,27). The summed E-state index contributed by atoms with van der Waals surface area (Å²) in [4.78, 5) is 38.1. The molecule has 0 saturated carbocycles. The summed E-state index contributed by atoms with van der Waals surface area (Å²) in [6, 6.07) is 0.124. The van der Waals surface area contributed by atoms with E-state index in [-0.39, 0.29) is 30.0 Å². The average Bonchev–Trinajstić information content (AvgIpc) is 2.89. The summed E-state index contributed by atoms with van der Waals surface area (Å²) in [6.45, 7) is 7.54. The van der Waals surface area contributed by atoms with E-state index in [9.17, 15) is 14.7 Å². The normalized spacial score (nSPS) is 23.8. The van der Waals surface area contributed by atoms with E-state index in [4.69, 9.17) is 16.3 Å². The van der Waals surface area contributed by atoms with Gasteiger partial charge in [-0.05, 0) is 51.6 Å². The van der Waals surface area contributed by atoms with Crippen LogP contribution in [-0.4, -0.2) is 74.4 Å². The highest BCUT2D eigenvalue weighted by Gasteiger charge is 2.45. The van der Waals surface area contributed by atoms with E-state index in [2.05, 4.69) is 14.9 Å². The molecule has 0 spiro atoms. The van der Waals surface area contributed by atoms with Crippen molar-refractivity contribution in [3.63, 3.8) is 0 Å². The third kappa shape index (κ3) is 3.92. The van der Waals surface area contributed by atoms with Gasteiger partial charge in [0.15, 0.2) is 0 Å². The predicted octanol–water partition coefficient (Wildman–Crippen LogP) is 2.75. The number of halogens is 1. The lowest BCUT2D eigenvalue weighted by molar-refractivity contribution is 0.0122. The highest BCUT2D eigenvalue weighted by molar-refractivity contribution is 6.28. The Hall–Kier alpha value is -2.29. The van der Waals surface area contributed by atoms with Gasteiger partial charge in [0.05, 0.1) is 24.3 Å². The Labute approximate surface area is 174 Å². The molecule has 3 aliphatic heterocycles. The molecule has 158 valence electrons. The second kappa shape index (κ2) is 7.19. The molecule has 9 nitrogen and oxygen atoms in total. The van der Waals surface area contributed by atoms with Gasteiger partial charge in [-0.2, -0.15) is 0 Å². The Kier molecular flexibility index (Phi) is 4.96. The number of carbonyl (C=O) groups is 2. The second-order valence-corrected chi connectivity index (χ2v) is 9.21. The van der Waals surface area contributed by atoms with Gasteiger partial charge in [-0.3, -0.25) is 4.90 Å². The first-order chi connectivity index (χ1) is 13.6. The lowest BCUT2D eigenvalue weighted by atomic mass is 10.0. The molecule has 2 unspecified atom stereocenters. The summed E-state index contributed by atoms with van der Waals surface area (Å²) in [6.07, 6.45) is 1.18. The van der Waals surface area contributed by atoms with E-state index >= 15 is 0 Å². The Bertz CT molecular complexity index is 829. The number of carboxylic acid groups (broad SMARTS) is 1. The molecular formula is C19H26ClN5O4. The zero-order chi connectivity index (χ0) is 20.9. The van der Waals surface area contributed by atoms with Gasteiger partial charge in [0.2, 0.25) is 5.28 Å². The molecule has 2 amide bonds. The van der Waals surface area contributed by atoms with Crippen LogP contribution >= 0.6 is 11.6 Å². The van der Waals surface area contributed by atoms with Crippen LogP contribution < -0.4 is 4.90 Å². The van der Waals surface area contributed by atoms with Crippen LogP contribution in [-0.2, 0) is 17.7 Å². The molecule has 1 aromatic heterocycles. The molecule has 3 aliphatic rings. The fourth-order valence-corrected chi connectivity index (χ4v) is 4.68. The highest BCUT2D eigenvalue weighted by atomic mass is 35.5. The maximum absolute atomic E-state index is 12.7. The first-order valence-electron chi connectivity index (χ1n) is 9.92. The number of fused-ring (bicyclic) bond motifs is 3. The van der Waals surface area contributed by atoms with Crippen molar-refractivity contribution in [3.05, 3.63) is 16.5 Å². The van der Waals surface area contributed by atoms with Crippen LogP contribution in [0.5, 0.6) is 0 Å². The number of amides is 2.